The Morgan fingerprint density at radius 1 is 1.13 bits per heavy atom. The van der Waals surface area contributed by atoms with Crippen molar-refractivity contribution >= 4 is 28.3 Å². The second-order valence-electron chi connectivity index (χ2n) is 7.19. The van der Waals surface area contributed by atoms with Crippen LogP contribution < -0.4 is 4.90 Å². The average Bonchev–Trinajstić information content (AvgIpc) is 3.27. The molecule has 1 aromatic carbocycles. The zero-order valence-corrected chi connectivity index (χ0v) is 18.2. The molecule has 0 saturated carbocycles. The molecule has 1 N–H and O–H groups in total. The van der Waals surface area contributed by atoms with E-state index in [2.05, 4.69) is 32.9 Å². The first-order valence-corrected chi connectivity index (χ1v) is 10.6. The predicted molar refractivity (Wildman–Crippen MR) is 125 cm³/mol. The summed E-state index contributed by atoms with van der Waals surface area (Å²) in [6, 6.07) is 10.2. The van der Waals surface area contributed by atoms with Crippen molar-refractivity contribution in [3.8, 4) is 22.6 Å². The summed E-state index contributed by atoms with van der Waals surface area (Å²) in [5.41, 5.74) is 4.67. The van der Waals surface area contributed by atoms with Crippen LogP contribution in [0, 0.1) is 5.82 Å². The Labute approximate surface area is 185 Å². The van der Waals surface area contributed by atoms with E-state index in [0.29, 0.717) is 27.7 Å². The molecular weight excluding hydrogens is 413 g/mol. The molecule has 0 unspecified atom stereocenters. The van der Waals surface area contributed by atoms with Crippen molar-refractivity contribution in [2.75, 3.05) is 18.0 Å². The highest BCUT2D eigenvalue weighted by molar-refractivity contribution is 6.30. The minimum atomic E-state index is -0.387. The fourth-order valence-corrected chi connectivity index (χ4v) is 3.68. The van der Waals surface area contributed by atoms with E-state index >= 15 is 0 Å². The van der Waals surface area contributed by atoms with Gasteiger partial charge in [0.1, 0.15) is 11.5 Å². The van der Waals surface area contributed by atoms with Gasteiger partial charge in [-0.05, 0) is 49.7 Å². The van der Waals surface area contributed by atoms with E-state index in [9.17, 15) is 4.39 Å². The number of anilines is 1. The van der Waals surface area contributed by atoms with Crippen LogP contribution in [-0.4, -0.2) is 33.0 Å². The smallest absolute Gasteiger partial charge is 0.132 e. The van der Waals surface area contributed by atoms with Gasteiger partial charge in [0.05, 0.1) is 40.6 Å². The minimum absolute atomic E-state index is 0.331. The first-order valence-electron chi connectivity index (χ1n) is 10.2. The number of aromatic nitrogens is 4. The highest BCUT2D eigenvalue weighted by Crippen LogP contribution is 2.32. The Bertz CT molecular complexity index is 1230. The lowest BCUT2D eigenvalue weighted by Gasteiger charge is -2.22. The van der Waals surface area contributed by atoms with Crippen LogP contribution in [0.1, 0.15) is 20.3 Å². The Balaban J connectivity index is 1.76. The Morgan fingerprint density at radius 3 is 2.81 bits per heavy atom. The van der Waals surface area contributed by atoms with Gasteiger partial charge in [-0.25, -0.2) is 14.4 Å². The molecule has 158 valence electrons. The Morgan fingerprint density at radius 2 is 2.00 bits per heavy atom. The van der Waals surface area contributed by atoms with Crippen molar-refractivity contribution in [3.63, 3.8) is 0 Å². The number of halogens is 2. The number of nitrogens with one attached hydrogen (secondary N) is 1. The molecule has 3 aromatic heterocycles. The molecule has 0 atom stereocenters. The molecule has 4 rings (SSSR count). The summed E-state index contributed by atoms with van der Waals surface area (Å²) in [6.45, 7) is 5.91. The van der Waals surface area contributed by atoms with Crippen molar-refractivity contribution in [1.82, 2.24) is 19.9 Å². The molecule has 0 bridgehead atoms. The number of nitrogens with zero attached hydrogens (tertiary/aromatic N) is 4. The summed E-state index contributed by atoms with van der Waals surface area (Å²) in [5, 5.41) is 0.447. The van der Waals surface area contributed by atoms with E-state index in [4.69, 9.17) is 16.6 Å². The Hall–Kier alpha value is -3.25. The average molecular weight is 436 g/mol. The molecule has 7 heteroatoms. The summed E-state index contributed by atoms with van der Waals surface area (Å²) < 4.78 is 14.4. The van der Waals surface area contributed by atoms with Crippen LogP contribution in [0.25, 0.3) is 33.7 Å². The highest BCUT2D eigenvalue weighted by atomic mass is 35.5. The fraction of sp³-hybridized carbons (Fsp3) is 0.208. The molecule has 3 heterocycles. The van der Waals surface area contributed by atoms with Gasteiger partial charge in [0.15, 0.2) is 0 Å². The third-order valence-electron chi connectivity index (χ3n) is 5.02. The van der Waals surface area contributed by atoms with Gasteiger partial charge in [0, 0.05) is 23.7 Å². The quantitative estimate of drug-likeness (QED) is 0.347. The lowest BCUT2D eigenvalue weighted by Crippen LogP contribution is -2.24. The van der Waals surface area contributed by atoms with Crippen molar-refractivity contribution in [1.29, 1.82) is 0 Å². The number of fused-ring (bicyclic) bond motifs is 1. The summed E-state index contributed by atoms with van der Waals surface area (Å²) in [5.74, 6) is -0.387. The van der Waals surface area contributed by atoms with E-state index < -0.39 is 0 Å². The number of benzene rings is 1. The highest BCUT2D eigenvalue weighted by Gasteiger charge is 2.16. The maximum atomic E-state index is 14.4. The first-order chi connectivity index (χ1) is 15.1. The molecule has 0 spiro atoms. The molecule has 0 radical (unpaired) electrons. The number of imidazole rings is 1. The van der Waals surface area contributed by atoms with Crippen molar-refractivity contribution < 1.29 is 4.39 Å². The molecule has 0 amide bonds. The lowest BCUT2D eigenvalue weighted by atomic mass is 10.1. The van der Waals surface area contributed by atoms with Gasteiger partial charge in [0.2, 0.25) is 0 Å². The van der Waals surface area contributed by atoms with Crippen LogP contribution >= 0.6 is 11.6 Å². The van der Waals surface area contributed by atoms with Crippen LogP contribution in [0.3, 0.4) is 0 Å². The van der Waals surface area contributed by atoms with Crippen LogP contribution in [0.4, 0.5) is 10.1 Å². The zero-order valence-electron chi connectivity index (χ0n) is 17.4. The minimum Gasteiger partial charge on any atom is -0.367 e. The van der Waals surface area contributed by atoms with Crippen LogP contribution in [0.2, 0.25) is 5.02 Å². The van der Waals surface area contributed by atoms with Crippen LogP contribution in [0.15, 0.2) is 61.1 Å². The van der Waals surface area contributed by atoms with Crippen molar-refractivity contribution in [2.24, 2.45) is 0 Å². The number of aromatic amines is 1. The molecule has 0 saturated heterocycles. The standard InChI is InChI=1S/C24H23ClFN5/c1-3-5-11-31(10-4-2)17-13-22-20(27-14-17)8-9-21(30-22)24-23(28-15-29-24)18-12-16(25)6-7-19(18)26/h3,5-9,12-15H,4,10-11H2,1-2H3,(H,28,29)/b5-3-. The Kier molecular flexibility index (Phi) is 6.28. The second kappa shape index (κ2) is 9.27. The monoisotopic (exact) mass is 435 g/mol. The van der Waals surface area contributed by atoms with E-state index in [0.717, 1.165) is 36.2 Å². The lowest BCUT2D eigenvalue weighted by molar-refractivity contribution is 0.631. The maximum Gasteiger partial charge on any atom is 0.132 e. The predicted octanol–water partition coefficient (Wildman–Crippen LogP) is 6.27. The summed E-state index contributed by atoms with van der Waals surface area (Å²) in [6.07, 6.45) is 8.62. The number of allylic oxidation sites excluding steroid dienone is 1. The van der Waals surface area contributed by atoms with Gasteiger partial charge >= 0.3 is 0 Å². The molecule has 0 fully saturated rings. The molecule has 31 heavy (non-hydrogen) atoms. The van der Waals surface area contributed by atoms with E-state index in [1.807, 2.05) is 37.4 Å². The van der Waals surface area contributed by atoms with E-state index in [1.54, 1.807) is 6.07 Å². The topological polar surface area (TPSA) is 57.7 Å². The fourth-order valence-electron chi connectivity index (χ4n) is 3.51. The van der Waals surface area contributed by atoms with Gasteiger partial charge in [-0.2, -0.15) is 0 Å². The van der Waals surface area contributed by atoms with E-state index in [-0.39, 0.29) is 5.82 Å². The summed E-state index contributed by atoms with van der Waals surface area (Å²) >= 11 is 6.08. The molecule has 4 aromatic rings. The number of hydrogen-bond acceptors (Lipinski definition) is 4. The van der Waals surface area contributed by atoms with E-state index in [1.165, 1.54) is 18.5 Å². The molecular formula is C24H23ClFN5. The third-order valence-corrected chi connectivity index (χ3v) is 5.26. The van der Waals surface area contributed by atoms with Crippen LogP contribution in [0.5, 0.6) is 0 Å². The SMILES string of the molecule is C/C=C\CN(CCC)c1cnc2ccc(-c3[nH]cnc3-c3cc(Cl)ccc3F)nc2c1. The van der Waals surface area contributed by atoms with Gasteiger partial charge in [-0.15, -0.1) is 0 Å². The molecule has 0 aliphatic heterocycles. The van der Waals surface area contributed by atoms with Gasteiger partial charge in [-0.3, -0.25) is 4.98 Å². The molecule has 0 aliphatic rings. The zero-order chi connectivity index (χ0) is 21.8. The van der Waals surface area contributed by atoms with Gasteiger partial charge in [0.25, 0.3) is 0 Å². The number of rotatable bonds is 7. The third kappa shape index (κ3) is 4.44. The number of H-pyrrole nitrogens is 1. The molecule has 0 aliphatic carbocycles. The normalized spacial score (nSPS) is 11.5. The summed E-state index contributed by atoms with van der Waals surface area (Å²) in [4.78, 5) is 19.1. The second-order valence-corrected chi connectivity index (χ2v) is 7.63. The number of hydrogen-bond donors (Lipinski definition) is 1. The van der Waals surface area contributed by atoms with Crippen molar-refractivity contribution in [3.05, 3.63) is 71.9 Å². The maximum absolute atomic E-state index is 14.4. The van der Waals surface area contributed by atoms with Gasteiger partial charge < -0.3 is 9.88 Å². The number of pyridine rings is 2. The summed E-state index contributed by atoms with van der Waals surface area (Å²) in [7, 11) is 0. The first kappa shape index (κ1) is 21.0. The van der Waals surface area contributed by atoms with Crippen molar-refractivity contribution in [2.45, 2.75) is 20.3 Å². The molecule has 5 nitrogen and oxygen atoms in total. The largest absolute Gasteiger partial charge is 0.367 e. The van der Waals surface area contributed by atoms with Crippen LogP contribution in [-0.2, 0) is 0 Å². The van der Waals surface area contributed by atoms with Gasteiger partial charge in [-0.1, -0.05) is 30.7 Å².